The molecule has 10 heavy (non-hydrogen) atoms. The predicted octanol–water partition coefficient (Wildman–Crippen LogP) is 2.54. The van der Waals surface area contributed by atoms with Crippen LogP contribution in [0.1, 0.15) is 26.7 Å². The molecule has 0 rings (SSSR count). The summed E-state index contributed by atoms with van der Waals surface area (Å²) >= 11 is 5.81. The third-order valence-corrected chi connectivity index (χ3v) is 1.88. The number of carbonyl (C=O) groups excluding carboxylic acids is 1. The smallest absolute Gasteiger partial charge is 0.129 e. The van der Waals surface area contributed by atoms with Gasteiger partial charge in [0.1, 0.15) is 5.78 Å². The van der Waals surface area contributed by atoms with E-state index in [-0.39, 0.29) is 11.2 Å². The van der Waals surface area contributed by atoms with Crippen molar-refractivity contribution in [2.75, 3.05) is 0 Å². The third kappa shape index (κ3) is 4.57. The summed E-state index contributed by atoms with van der Waals surface area (Å²) in [5, 5.41) is -0.0381. The van der Waals surface area contributed by atoms with Crippen molar-refractivity contribution in [3.63, 3.8) is 0 Å². The number of rotatable bonds is 4. The van der Waals surface area contributed by atoms with Crippen molar-refractivity contribution in [1.29, 1.82) is 0 Å². The minimum absolute atomic E-state index is 0.0381. The van der Waals surface area contributed by atoms with E-state index in [0.717, 1.165) is 5.57 Å². The summed E-state index contributed by atoms with van der Waals surface area (Å²) < 4.78 is 0. The fourth-order valence-corrected chi connectivity index (χ4v) is 0.685. The van der Waals surface area contributed by atoms with Crippen molar-refractivity contribution in [3.8, 4) is 0 Å². The van der Waals surface area contributed by atoms with Gasteiger partial charge < -0.3 is 4.79 Å². The van der Waals surface area contributed by atoms with E-state index in [9.17, 15) is 4.79 Å². The molecule has 0 aliphatic heterocycles. The van der Waals surface area contributed by atoms with Gasteiger partial charge in [0, 0.05) is 6.42 Å². The van der Waals surface area contributed by atoms with Gasteiger partial charge in [-0.3, -0.25) is 0 Å². The van der Waals surface area contributed by atoms with Gasteiger partial charge in [-0.15, -0.1) is 11.6 Å². The zero-order valence-corrected chi connectivity index (χ0v) is 7.24. The Labute approximate surface area is 67.1 Å². The third-order valence-electron chi connectivity index (χ3n) is 1.28. The molecule has 0 aromatic carbocycles. The Morgan fingerprint density at radius 2 is 2.10 bits per heavy atom. The largest absolute Gasteiger partial charge is 0.300 e. The van der Waals surface area contributed by atoms with Crippen molar-refractivity contribution in [2.45, 2.75) is 32.1 Å². The Kier molecular flexibility index (Phi) is 4.37. The number of Topliss-reactive ketones (excluding diaryl/α,β-unsaturated/α-hetero) is 1. The first kappa shape index (κ1) is 9.70. The van der Waals surface area contributed by atoms with E-state index in [1.165, 1.54) is 0 Å². The molecular weight excluding hydrogens is 148 g/mol. The van der Waals surface area contributed by atoms with Crippen molar-refractivity contribution in [3.05, 3.63) is 12.2 Å². The highest BCUT2D eigenvalue weighted by Gasteiger charge is 2.05. The summed E-state index contributed by atoms with van der Waals surface area (Å²) in [6, 6.07) is 0. The Morgan fingerprint density at radius 3 is 2.40 bits per heavy atom. The quantitative estimate of drug-likeness (QED) is 0.456. The fraction of sp³-hybridized carbons (Fsp3) is 0.625. The SMILES string of the molecule is C=C(C)C(Cl)CCC(C)=O. The average Bonchev–Trinajstić information content (AvgIpc) is 1.82. The molecule has 58 valence electrons. The van der Waals surface area contributed by atoms with Crippen LogP contribution in [0.4, 0.5) is 0 Å². The molecule has 1 nitrogen and oxygen atoms in total. The first-order valence-corrected chi connectivity index (χ1v) is 3.76. The molecule has 2 heteroatoms. The lowest BCUT2D eigenvalue weighted by atomic mass is 10.1. The Balaban J connectivity index is 3.49. The van der Waals surface area contributed by atoms with Gasteiger partial charge in [-0.05, 0) is 20.3 Å². The first-order chi connectivity index (χ1) is 4.54. The van der Waals surface area contributed by atoms with Crippen molar-refractivity contribution in [2.24, 2.45) is 0 Å². The van der Waals surface area contributed by atoms with Gasteiger partial charge in [-0.25, -0.2) is 0 Å². The molecule has 1 atom stereocenters. The molecule has 0 aromatic rings. The number of allylic oxidation sites excluding steroid dienone is 1. The van der Waals surface area contributed by atoms with Gasteiger partial charge in [0.15, 0.2) is 0 Å². The Hall–Kier alpha value is -0.300. The summed E-state index contributed by atoms with van der Waals surface area (Å²) in [6.45, 7) is 7.13. The van der Waals surface area contributed by atoms with E-state index in [1.807, 2.05) is 6.92 Å². The summed E-state index contributed by atoms with van der Waals surface area (Å²) in [5.41, 5.74) is 0.933. The van der Waals surface area contributed by atoms with E-state index in [4.69, 9.17) is 11.6 Å². The number of hydrogen-bond acceptors (Lipinski definition) is 1. The van der Waals surface area contributed by atoms with Gasteiger partial charge in [-0.2, -0.15) is 0 Å². The van der Waals surface area contributed by atoms with Crippen molar-refractivity contribution >= 4 is 17.4 Å². The molecule has 0 spiro atoms. The second-order valence-corrected chi connectivity index (χ2v) is 3.08. The summed E-state index contributed by atoms with van der Waals surface area (Å²) in [5.74, 6) is 0.187. The van der Waals surface area contributed by atoms with Crippen LogP contribution in [0.15, 0.2) is 12.2 Å². The van der Waals surface area contributed by atoms with Gasteiger partial charge >= 0.3 is 0 Å². The van der Waals surface area contributed by atoms with Gasteiger partial charge in [0.25, 0.3) is 0 Å². The lowest BCUT2D eigenvalue weighted by Crippen LogP contribution is -2.02. The van der Waals surface area contributed by atoms with E-state index < -0.39 is 0 Å². The highest BCUT2D eigenvalue weighted by atomic mass is 35.5. The number of alkyl halides is 1. The Bertz CT molecular complexity index is 140. The summed E-state index contributed by atoms with van der Waals surface area (Å²) in [4.78, 5) is 10.5. The number of hydrogen-bond donors (Lipinski definition) is 0. The molecule has 0 aromatic heterocycles. The van der Waals surface area contributed by atoms with Crippen LogP contribution in [0.25, 0.3) is 0 Å². The van der Waals surface area contributed by atoms with Crippen molar-refractivity contribution in [1.82, 2.24) is 0 Å². The molecule has 0 amide bonds. The number of carbonyl (C=O) groups is 1. The molecule has 1 unspecified atom stereocenters. The molecule has 0 heterocycles. The normalized spacial score (nSPS) is 12.7. The lowest BCUT2D eigenvalue weighted by molar-refractivity contribution is -0.117. The van der Waals surface area contributed by atoms with Crippen LogP contribution >= 0.6 is 11.6 Å². The molecular formula is C8H13ClO. The van der Waals surface area contributed by atoms with Gasteiger partial charge in [0.05, 0.1) is 5.38 Å². The molecule has 0 bridgehead atoms. The first-order valence-electron chi connectivity index (χ1n) is 3.33. The van der Waals surface area contributed by atoms with Crippen LogP contribution in [-0.4, -0.2) is 11.2 Å². The lowest BCUT2D eigenvalue weighted by Gasteiger charge is -2.05. The van der Waals surface area contributed by atoms with Crippen LogP contribution in [0, 0.1) is 0 Å². The van der Waals surface area contributed by atoms with E-state index >= 15 is 0 Å². The molecule has 0 radical (unpaired) electrons. The van der Waals surface area contributed by atoms with E-state index in [1.54, 1.807) is 6.92 Å². The second-order valence-electron chi connectivity index (χ2n) is 2.55. The monoisotopic (exact) mass is 160 g/mol. The highest BCUT2D eigenvalue weighted by molar-refractivity contribution is 6.22. The van der Waals surface area contributed by atoms with Crippen LogP contribution in [0.3, 0.4) is 0 Å². The Morgan fingerprint density at radius 1 is 1.60 bits per heavy atom. The van der Waals surface area contributed by atoms with Crippen molar-refractivity contribution < 1.29 is 4.79 Å². The summed E-state index contributed by atoms with van der Waals surface area (Å²) in [6.07, 6.45) is 1.27. The maximum atomic E-state index is 10.5. The minimum Gasteiger partial charge on any atom is -0.300 e. The van der Waals surface area contributed by atoms with Crippen LogP contribution in [0.2, 0.25) is 0 Å². The van der Waals surface area contributed by atoms with Gasteiger partial charge in [-0.1, -0.05) is 12.2 Å². The van der Waals surface area contributed by atoms with Crippen LogP contribution in [0.5, 0.6) is 0 Å². The fourth-order valence-electron chi connectivity index (χ4n) is 0.576. The molecule has 0 N–H and O–H groups in total. The minimum atomic E-state index is -0.0381. The topological polar surface area (TPSA) is 17.1 Å². The van der Waals surface area contributed by atoms with E-state index in [2.05, 4.69) is 6.58 Å². The molecule has 0 fully saturated rings. The van der Waals surface area contributed by atoms with Gasteiger partial charge in [0.2, 0.25) is 0 Å². The molecule has 0 aliphatic rings. The highest BCUT2D eigenvalue weighted by Crippen LogP contribution is 2.13. The summed E-state index contributed by atoms with van der Waals surface area (Å²) in [7, 11) is 0. The predicted molar refractivity (Wildman–Crippen MR) is 44.4 cm³/mol. The second kappa shape index (κ2) is 4.51. The molecule has 0 aliphatic carbocycles. The number of ketones is 1. The maximum absolute atomic E-state index is 10.5. The number of halogens is 1. The standard InChI is InChI=1S/C8H13ClO/c1-6(2)8(9)5-4-7(3)10/h8H,1,4-5H2,2-3H3. The van der Waals surface area contributed by atoms with Crippen LogP contribution in [-0.2, 0) is 4.79 Å². The molecule has 0 saturated heterocycles. The maximum Gasteiger partial charge on any atom is 0.129 e. The molecule has 0 saturated carbocycles. The van der Waals surface area contributed by atoms with E-state index in [0.29, 0.717) is 12.8 Å². The zero-order valence-electron chi connectivity index (χ0n) is 6.48. The average molecular weight is 161 g/mol. The zero-order chi connectivity index (χ0) is 8.15. The van der Waals surface area contributed by atoms with Crippen LogP contribution < -0.4 is 0 Å².